The van der Waals surface area contributed by atoms with Gasteiger partial charge in [0.05, 0.1) is 17.2 Å². The number of ether oxygens (including phenoxy) is 1. The van der Waals surface area contributed by atoms with Crippen LogP contribution in [-0.2, 0) is 14.3 Å². The van der Waals surface area contributed by atoms with Crippen molar-refractivity contribution in [1.82, 2.24) is 10.2 Å². The van der Waals surface area contributed by atoms with Crippen molar-refractivity contribution in [2.24, 2.45) is 5.41 Å². The highest BCUT2D eigenvalue weighted by Crippen LogP contribution is 2.42. The fourth-order valence-corrected chi connectivity index (χ4v) is 5.14. The summed E-state index contributed by atoms with van der Waals surface area (Å²) < 4.78 is 10.5. The molecule has 3 aliphatic rings. The molecule has 0 unspecified atom stereocenters. The Morgan fingerprint density at radius 1 is 1.39 bits per heavy atom. The predicted octanol–water partition coefficient (Wildman–Crippen LogP) is 2.13. The molecule has 3 heterocycles. The van der Waals surface area contributed by atoms with Crippen LogP contribution in [-0.4, -0.2) is 59.2 Å². The number of halogens is 1. The van der Waals surface area contributed by atoms with Crippen molar-refractivity contribution in [1.29, 1.82) is 0 Å². The highest BCUT2D eigenvalue weighted by Gasteiger charge is 2.53. The maximum absolute atomic E-state index is 13.4. The van der Waals surface area contributed by atoms with Gasteiger partial charge in [0.2, 0.25) is 5.91 Å². The first-order valence-electron chi connectivity index (χ1n) is 9.80. The summed E-state index contributed by atoms with van der Waals surface area (Å²) in [7, 11) is 0. The number of carbonyl (C=O) groups excluding carboxylic acids is 3. The SMILES string of the molecule is CC1(C[C@H](NC(=O)c2ccoc2)C(=O)N2C[C@@H](Cl)[C@H]3OCC(=O)[C@H]32)CCCC1. The summed E-state index contributed by atoms with van der Waals surface area (Å²) >= 11 is 6.34. The molecule has 2 saturated heterocycles. The predicted molar refractivity (Wildman–Crippen MR) is 101 cm³/mol. The van der Waals surface area contributed by atoms with E-state index in [-0.39, 0.29) is 36.2 Å². The molecule has 2 amide bonds. The van der Waals surface area contributed by atoms with E-state index in [1.165, 1.54) is 17.4 Å². The molecule has 28 heavy (non-hydrogen) atoms. The van der Waals surface area contributed by atoms with Crippen LogP contribution < -0.4 is 5.32 Å². The first kappa shape index (κ1) is 19.5. The Labute approximate surface area is 168 Å². The van der Waals surface area contributed by atoms with Crippen LogP contribution >= 0.6 is 11.6 Å². The zero-order valence-electron chi connectivity index (χ0n) is 15.9. The highest BCUT2D eigenvalue weighted by molar-refractivity contribution is 6.22. The Morgan fingerprint density at radius 2 is 2.14 bits per heavy atom. The number of furan rings is 1. The van der Waals surface area contributed by atoms with Crippen molar-refractivity contribution in [3.63, 3.8) is 0 Å². The van der Waals surface area contributed by atoms with Gasteiger partial charge in [-0.2, -0.15) is 0 Å². The second-order valence-corrected chi connectivity index (χ2v) is 9.01. The molecule has 2 aliphatic heterocycles. The van der Waals surface area contributed by atoms with E-state index in [4.69, 9.17) is 20.8 Å². The normalized spacial score (nSPS) is 29.7. The van der Waals surface area contributed by atoms with Crippen molar-refractivity contribution in [2.75, 3.05) is 13.2 Å². The maximum Gasteiger partial charge on any atom is 0.255 e. The minimum absolute atomic E-state index is 0.0142. The lowest BCUT2D eigenvalue weighted by Gasteiger charge is -2.32. The third-order valence-corrected chi connectivity index (χ3v) is 6.69. The number of hydrogen-bond donors (Lipinski definition) is 1. The number of rotatable bonds is 5. The van der Waals surface area contributed by atoms with E-state index >= 15 is 0 Å². The Kier molecular flexibility index (Phi) is 5.22. The Bertz CT molecular complexity index is 759. The van der Waals surface area contributed by atoms with Crippen LogP contribution in [0.4, 0.5) is 0 Å². The summed E-state index contributed by atoms with van der Waals surface area (Å²) in [5, 5.41) is 2.45. The summed E-state index contributed by atoms with van der Waals surface area (Å²) in [5.74, 6) is -0.753. The van der Waals surface area contributed by atoms with Gasteiger partial charge in [-0.3, -0.25) is 14.4 Å². The van der Waals surface area contributed by atoms with E-state index in [1.54, 1.807) is 6.07 Å². The number of hydrogen-bond acceptors (Lipinski definition) is 5. The lowest BCUT2D eigenvalue weighted by atomic mass is 9.81. The average molecular weight is 409 g/mol. The summed E-state index contributed by atoms with van der Waals surface area (Å²) in [6, 6.07) is 0.185. The van der Waals surface area contributed by atoms with E-state index in [0.29, 0.717) is 12.0 Å². The number of ketones is 1. The number of likely N-dealkylation sites (tertiary alicyclic amines) is 1. The summed E-state index contributed by atoms with van der Waals surface area (Å²) in [6.45, 7) is 2.38. The molecule has 3 fully saturated rings. The highest BCUT2D eigenvalue weighted by atomic mass is 35.5. The van der Waals surface area contributed by atoms with Crippen LogP contribution in [0.15, 0.2) is 23.0 Å². The maximum atomic E-state index is 13.4. The Morgan fingerprint density at radius 3 is 2.82 bits per heavy atom. The lowest BCUT2D eigenvalue weighted by molar-refractivity contribution is -0.138. The van der Waals surface area contributed by atoms with Crippen molar-refractivity contribution in [3.05, 3.63) is 24.2 Å². The molecule has 0 bridgehead atoms. The molecule has 1 N–H and O–H groups in total. The van der Waals surface area contributed by atoms with E-state index in [1.807, 2.05) is 0 Å². The first-order chi connectivity index (χ1) is 13.4. The van der Waals surface area contributed by atoms with Gasteiger partial charge in [-0.05, 0) is 30.7 Å². The smallest absolute Gasteiger partial charge is 0.255 e. The number of fused-ring (bicyclic) bond motifs is 1. The van der Waals surface area contributed by atoms with Crippen LogP contribution in [0.2, 0.25) is 0 Å². The third kappa shape index (κ3) is 3.57. The van der Waals surface area contributed by atoms with Crippen molar-refractivity contribution in [2.45, 2.75) is 62.6 Å². The van der Waals surface area contributed by atoms with Crippen LogP contribution in [0.1, 0.15) is 49.4 Å². The van der Waals surface area contributed by atoms with Crippen LogP contribution in [0.5, 0.6) is 0 Å². The van der Waals surface area contributed by atoms with Gasteiger partial charge < -0.3 is 19.4 Å². The number of carbonyl (C=O) groups is 3. The zero-order chi connectivity index (χ0) is 19.9. The van der Waals surface area contributed by atoms with Crippen LogP contribution in [0.3, 0.4) is 0 Å². The molecule has 0 radical (unpaired) electrons. The van der Waals surface area contributed by atoms with Crippen molar-refractivity contribution in [3.8, 4) is 0 Å². The summed E-state index contributed by atoms with van der Waals surface area (Å²) in [6.07, 6.45) is 7.12. The molecule has 0 spiro atoms. The molecule has 1 aliphatic carbocycles. The van der Waals surface area contributed by atoms with Crippen LogP contribution in [0, 0.1) is 5.41 Å². The molecular formula is C20H25ClN2O5. The Hall–Kier alpha value is -1.86. The number of nitrogens with zero attached hydrogens (tertiary/aromatic N) is 1. The summed E-state index contributed by atoms with van der Waals surface area (Å²) in [5.41, 5.74) is 0.351. The van der Waals surface area contributed by atoms with Crippen molar-refractivity contribution < 1.29 is 23.5 Å². The molecule has 0 aromatic carbocycles. The van der Waals surface area contributed by atoms with Gasteiger partial charge in [0, 0.05) is 6.54 Å². The molecule has 1 aromatic rings. The van der Waals surface area contributed by atoms with E-state index in [0.717, 1.165) is 25.7 Å². The molecule has 4 atom stereocenters. The number of amides is 2. The Balaban J connectivity index is 1.56. The summed E-state index contributed by atoms with van der Waals surface area (Å²) in [4.78, 5) is 39.8. The molecule has 152 valence electrons. The minimum Gasteiger partial charge on any atom is -0.472 e. The molecule has 1 saturated carbocycles. The standard InChI is InChI=1S/C20H25ClN2O5/c1-20(5-2-3-6-20)8-14(22-18(25)12-4-7-27-10-12)19(26)23-9-13(21)17-16(23)15(24)11-28-17/h4,7,10,13-14,16-17H,2-3,5-6,8-9,11H2,1H3,(H,22,25)/t13-,14+,16-,17-/m1/s1. The van der Waals surface area contributed by atoms with Gasteiger partial charge in [-0.1, -0.05) is 19.8 Å². The van der Waals surface area contributed by atoms with Crippen molar-refractivity contribution >= 4 is 29.2 Å². The van der Waals surface area contributed by atoms with Gasteiger partial charge >= 0.3 is 0 Å². The zero-order valence-corrected chi connectivity index (χ0v) is 16.6. The molecular weight excluding hydrogens is 384 g/mol. The number of Topliss-reactive ketones (excluding diaryl/α,β-unsaturated/α-hetero) is 1. The lowest BCUT2D eigenvalue weighted by Crippen LogP contribution is -2.53. The van der Waals surface area contributed by atoms with Gasteiger partial charge in [0.1, 0.15) is 31.1 Å². The van der Waals surface area contributed by atoms with Crippen LogP contribution in [0.25, 0.3) is 0 Å². The van der Waals surface area contributed by atoms with E-state index < -0.39 is 23.6 Å². The quantitative estimate of drug-likeness (QED) is 0.754. The van der Waals surface area contributed by atoms with Gasteiger partial charge in [0.25, 0.3) is 5.91 Å². The second kappa shape index (κ2) is 7.52. The van der Waals surface area contributed by atoms with Gasteiger partial charge in [-0.25, -0.2) is 0 Å². The largest absolute Gasteiger partial charge is 0.472 e. The molecule has 7 nitrogen and oxygen atoms in total. The fourth-order valence-electron chi connectivity index (χ4n) is 4.78. The number of alkyl halides is 1. The third-order valence-electron chi connectivity index (χ3n) is 6.30. The monoisotopic (exact) mass is 408 g/mol. The minimum atomic E-state index is -0.721. The fraction of sp³-hybridized carbons (Fsp3) is 0.650. The van der Waals surface area contributed by atoms with E-state index in [2.05, 4.69) is 12.2 Å². The second-order valence-electron chi connectivity index (χ2n) is 8.45. The number of nitrogens with one attached hydrogen (secondary N) is 1. The average Bonchev–Trinajstić information content (AvgIpc) is 3.42. The first-order valence-corrected chi connectivity index (χ1v) is 10.2. The van der Waals surface area contributed by atoms with E-state index in [9.17, 15) is 14.4 Å². The molecule has 1 aromatic heterocycles. The molecule has 4 rings (SSSR count). The van der Waals surface area contributed by atoms with Gasteiger partial charge in [-0.15, -0.1) is 11.6 Å². The molecule has 8 heteroatoms. The van der Waals surface area contributed by atoms with Gasteiger partial charge in [0.15, 0.2) is 5.78 Å². The topological polar surface area (TPSA) is 88.8 Å².